The van der Waals surface area contributed by atoms with Gasteiger partial charge >= 0.3 is 0 Å². The highest BCUT2D eigenvalue weighted by Gasteiger charge is 2.34. The van der Waals surface area contributed by atoms with E-state index in [4.69, 9.17) is 10.5 Å². The SMILES string of the molecule is NC(=O)[C@H](Cc1ccccc1)[C@H](O)C(=O)N1CCOCC1. The van der Waals surface area contributed by atoms with Crippen molar-refractivity contribution < 1.29 is 19.4 Å². The second-order valence-corrected chi connectivity index (χ2v) is 5.08. The van der Waals surface area contributed by atoms with Gasteiger partial charge in [0.25, 0.3) is 5.91 Å². The zero-order chi connectivity index (χ0) is 15.2. The summed E-state index contributed by atoms with van der Waals surface area (Å²) in [6, 6.07) is 9.20. The van der Waals surface area contributed by atoms with Crippen LogP contribution in [0.5, 0.6) is 0 Å². The number of aliphatic hydroxyl groups excluding tert-OH is 1. The predicted molar refractivity (Wildman–Crippen MR) is 76.2 cm³/mol. The van der Waals surface area contributed by atoms with Gasteiger partial charge in [-0.2, -0.15) is 0 Å². The van der Waals surface area contributed by atoms with Gasteiger partial charge in [-0.15, -0.1) is 0 Å². The van der Waals surface area contributed by atoms with Crippen LogP contribution < -0.4 is 5.73 Å². The molecule has 1 heterocycles. The van der Waals surface area contributed by atoms with Gasteiger partial charge in [-0.3, -0.25) is 9.59 Å². The molecule has 114 valence electrons. The molecule has 0 aromatic heterocycles. The van der Waals surface area contributed by atoms with Crippen LogP contribution >= 0.6 is 0 Å². The summed E-state index contributed by atoms with van der Waals surface area (Å²) >= 11 is 0. The van der Waals surface area contributed by atoms with Gasteiger partial charge in [-0.05, 0) is 12.0 Å². The zero-order valence-corrected chi connectivity index (χ0v) is 11.8. The van der Waals surface area contributed by atoms with Crippen molar-refractivity contribution in [2.45, 2.75) is 12.5 Å². The number of primary amides is 1. The number of benzene rings is 1. The molecule has 1 fully saturated rings. The van der Waals surface area contributed by atoms with Gasteiger partial charge < -0.3 is 20.5 Å². The molecular weight excluding hydrogens is 272 g/mol. The summed E-state index contributed by atoms with van der Waals surface area (Å²) in [5.74, 6) is -2.06. The Labute approximate surface area is 123 Å². The first-order chi connectivity index (χ1) is 10.1. The van der Waals surface area contributed by atoms with Crippen LogP contribution in [0.25, 0.3) is 0 Å². The van der Waals surface area contributed by atoms with E-state index < -0.39 is 23.8 Å². The van der Waals surface area contributed by atoms with E-state index in [1.807, 2.05) is 30.3 Å². The maximum atomic E-state index is 12.2. The molecule has 1 aliphatic heterocycles. The van der Waals surface area contributed by atoms with E-state index in [-0.39, 0.29) is 6.42 Å². The zero-order valence-electron chi connectivity index (χ0n) is 11.8. The smallest absolute Gasteiger partial charge is 0.252 e. The fraction of sp³-hybridized carbons (Fsp3) is 0.467. The second-order valence-electron chi connectivity index (χ2n) is 5.08. The number of amides is 2. The molecule has 1 saturated heterocycles. The molecule has 0 aliphatic carbocycles. The molecule has 0 unspecified atom stereocenters. The van der Waals surface area contributed by atoms with E-state index >= 15 is 0 Å². The fourth-order valence-corrected chi connectivity index (χ4v) is 2.38. The first kappa shape index (κ1) is 15.5. The second kappa shape index (κ2) is 7.19. The van der Waals surface area contributed by atoms with Crippen molar-refractivity contribution in [3.63, 3.8) is 0 Å². The highest BCUT2D eigenvalue weighted by atomic mass is 16.5. The highest BCUT2D eigenvalue weighted by Crippen LogP contribution is 2.15. The molecule has 0 spiro atoms. The van der Waals surface area contributed by atoms with Crippen LogP contribution in [-0.4, -0.2) is 54.2 Å². The number of ether oxygens (including phenoxy) is 1. The summed E-state index contributed by atoms with van der Waals surface area (Å²) in [5.41, 5.74) is 6.22. The largest absolute Gasteiger partial charge is 0.382 e. The number of rotatable bonds is 5. The third kappa shape index (κ3) is 4.03. The van der Waals surface area contributed by atoms with Crippen molar-refractivity contribution in [3.05, 3.63) is 35.9 Å². The topological polar surface area (TPSA) is 92.9 Å². The lowest BCUT2D eigenvalue weighted by atomic mass is 9.92. The Balaban J connectivity index is 2.06. The maximum absolute atomic E-state index is 12.2. The fourth-order valence-electron chi connectivity index (χ4n) is 2.38. The molecule has 1 aliphatic rings. The molecule has 21 heavy (non-hydrogen) atoms. The molecular formula is C15H20N2O4. The molecule has 6 heteroatoms. The quantitative estimate of drug-likeness (QED) is 0.769. The Kier molecular flexibility index (Phi) is 5.30. The number of carbonyl (C=O) groups excluding carboxylic acids is 2. The molecule has 0 saturated carbocycles. The Morgan fingerprint density at radius 2 is 1.86 bits per heavy atom. The number of carbonyl (C=O) groups is 2. The molecule has 1 aromatic carbocycles. The number of hydrogen-bond donors (Lipinski definition) is 2. The van der Waals surface area contributed by atoms with Gasteiger partial charge in [0, 0.05) is 13.1 Å². The molecule has 2 rings (SSSR count). The first-order valence-electron chi connectivity index (χ1n) is 6.97. The van der Waals surface area contributed by atoms with Crippen LogP contribution in [0.4, 0.5) is 0 Å². The van der Waals surface area contributed by atoms with Crippen molar-refractivity contribution in [3.8, 4) is 0 Å². The Hall–Kier alpha value is -1.92. The van der Waals surface area contributed by atoms with Crippen molar-refractivity contribution in [2.24, 2.45) is 11.7 Å². The van der Waals surface area contributed by atoms with Crippen molar-refractivity contribution in [2.75, 3.05) is 26.3 Å². The van der Waals surface area contributed by atoms with Crippen molar-refractivity contribution >= 4 is 11.8 Å². The predicted octanol–water partition coefficient (Wildman–Crippen LogP) is -0.450. The standard InChI is InChI=1S/C15H20N2O4/c16-14(19)12(10-11-4-2-1-3-5-11)13(18)15(20)17-6-8-21-9-7-17/h1-5,12-13,18H,6-10H2,(H2,16,19)/t12-,13+/m1/s1. The van der Waals surface area contributed by atoms with Gasteiger partial charge in [-0.1, -0.05) is 30.3 Å². The van der Waals surface area contributed by atoms with Gasteiger partial charge in [0.15, 0.2) is 0 Å². The van der Waals surface area contributed by atoms with Crippen LogP contribution in [0.15, 0.2) is 30.3 Å². The lowest BCUT2D eigenvalue weighted by Crippen LogP contribution is -2.50. The highest BCUT2D eigenvalue weighted by molar-refractivity contribution is 5.88. The normalized spacial score (nSPS) is 18.0. The maximum Gasteiger partial charge on any atom is 0.252 e. The van der Waals surface area contributed by atoms with Crippen molar-refractivity contribution in [1.82, 2.24) is 4.90 Å². The van der Waals surface area contributed by atoms with E-state index in [0.29, 0.717) is 26.3 Å². The monoisotopic (exact) mass is 292 g/mol. The van der Waals surface area contributed by atoms with Crippen LogP contribution in [0.3, 0.4) is 0 Å². The Morgan fingerprint density at radius 3 is 2.43 bits per heavy atom. The van der Waals surface area contributed by atoms with E-state index in [1.165, 1.54) is 4.90 Å². The van der Waals surface area contributed by atoms with Crippen LogP contribution in [0.1, 0.15) is 5.56 Å². The molecule has 1 aromatic rings. The summed E-state index contributed by atoms with van der Waals surface area (Å²) in [6.45, 7) is 1.73. The van der Waals surface area contributed by atoms with E-state index in [2.05, 4.69) is 0 Å². The third-order valence-electron chi connectivity index (χ3n) is 3.62. The van der Waals surface area contributed by atoms with E-state index in [0.717, 1.165) is 5.56 Å². The molecule has 2 amide bonds. The van der Waals surface area contributed by atoms with Crippen LogP contribution in [0, 0.1) is 5.92 Å². The average Bonchev–Trinajstić information content (AvgIpc) is 2.53. The number of morpholine rings is 1. The molecule has 2 atom stereocenters. The first-order valence-corrected chi connectivity index (χ1v) is 6.97. The Morgan fingerprint density at radius 1 is 1.24 bits per heavy atom. The Bertz CT molecular complexity index is 486. The number of nitrogens with two attached hydrogens (primary N) is 1. The number of hydrogen-bond acceptors (Lipinski definition) is 4. The van der Waals surface area contributed by atoms with E-state index in [9.17, 15) is 14.7 Å². The van der Waals surface area contributed by atoms with Gasteiger partial charge in [0.2, 0.25) is 5.91 Å². The van der Waals surface area contributed by atoms with Gasteiger partial charge in [0.1, 0.15) is 6.10 Å². The number of aliphatic hydroxyl groups is 1. The summed E-state index contributed by atoms with van der Waals surface area (Å²) in [7, 11) is 0. The minimum atomic E-state index is -1.42. The van der Waals surface area contributed by atoms with E-state index in [1.54, 1.807) is 0 Å². The summed E-state index contributed by atoms with van der Waals surface area (Å²) in [4.78, 5) is 25.4. The van der Waals surface area contributed by atoms with Crippen LogP contribution in [-0.2, 0) is 20.7 Å². The minimum absolute atomic E-state index is 0.243. The lowest BCUT2D eigenvalue weighted by molar-refractivity contribution is -0.150. The molecule has 0 bridgehead atoms. The average molecular weight is 292 g/mol. The summed E-state index contributed by atoms with van der Waals surface area (Å²) in [5, 5.41) is 10.2. The van der Waals surface area contributed by atoms with Crippen LogP contribution in [0.2, 0.25) is 0 Å². The molecule has 3 N–H and O–H groups in total. The summed E-state index contributed by atoms with van der Waals surface area (Å²) in [6.07, 6.45) is -1.17. The van der Waals surface area contributed by atoms with Gasteiger partial charge in [0.05, 0.1) is 19.1 Å². The third-order valence-corrected chi connectivity index (χ3v) is 3.62. The van der Waals surface area contributed by atoms with Crippen molar-refractivity contribution in [1.29, 1.82) is 0 Å². The minimum Gasteiger partial charge on any atom is -0.382 e. The molecule has 0 radical (unpaired) electrons. The lowest BCUT2D eigenvalue weighted by Gasteiger charge is -2.30. The number of nitrogens with zero attached hydrogens (tertiary/aromatic N) is 1. The molecule has 6 nitrogen and oxygen atoms in total. The van der Waals surface area contributed by atoms with Gasteiger partial charge in [-0.25, -0.2) is 0 Å². The summed E-state index contributed by atoms with van der Waals surface area (Å²) < 4.78 is 5.17.